The zero-order valence-corrected chi connectivity index (χ0v) is 28.5. The molecule has 1 saturated carbocycles. The first-order valence-corrected chi connectivity index (χ1v) is 18.0. The Balaban J connectivity index is 1.56. The number of carbonyl (C=O) groups is 2. The number of amides is 2. The van der Waals surface area contributed by atoms with E-state index in [2.05, 4.69) is 5.32 Å². The van der Waals surface area contributed by atoms with Crippen molar-refractivity contribution >= 4 is 39.1 Å². The topological polar surface area (TPSA) is 86.8 Å². The lowest BCUT2D eigenvalue weighted by molar-refractivity contribution is -0.140. The van der Waals surface area contributed by atoms with Gasteiger partial charge in [0.1, 0.15) is 12.6 Å². The minimum absolute atomic E-state index is 0.0113. The Morgan fingerprint density at radius 3 is 2.15 bits per heavy atom. The number of sulfonamides is 1. The largest absolute Gasteiger partial charge is 0.352 e. The van der Waals surface area contributed by atoms with Crippen molar-refractivity contribution in [2.75, 3.05) is 10.8 Å². The van der Waals surface area contributed by atoms with E-state index in [0.717, 1.165) is 58.7 Å². The van der Waals surface area contributed by atoms with Crippen LogP contribution in [0.25, 0.3) is 0 Å². The van der Waals surface area contributed by atoms with E-state index in [-0.39, 0.29) is 29.8 Å². The summed E-state index contributed by atoms with van der Waals surface area (Å²) in [5.74, 6) is -0.715. The van der Waals surface area contributed by atoms with Crippen LogP contribution in [0.2, 0.25) is 5.02 Å². The van der Waals surface area contributed by atoms with Gasteiger partial charge in [0.15, 0.2) is 0 Å². The highest BCUT2D eigenvalue weighted by molar-refractivity contribution is 7.92. The molecule has 1 N–H and O–H groups in total. The van der Waals surface area contributed by atoms with Crippen LogP contribution in [0.3, 0.4) is 0 Å². The van der Waals surface area contributed by atoms with Crippen LogP contribution >= 0.6 is 11.6 Å². The number of benzene rings is 4. The van der Waals surface area contributed by atoms with Gasteiger partial charge in [-0.1, -0.05) is 103 Å². The third-order valence-corrected chi connectivity index (χ3v) is 10.7. The van der Waals surface area contributed by atoms with E-state index >= 15 is 0 Å². The highest BCUT2D eigenvalue weighted by atomic mass is 35.5. The Hall–Kier alpha value is -4.14. The molecule has 246 valence electrons. The highest BCUT2D eigenvalue weighted by Crippen LogP contribution is 2.27. The molecule has 0 bridgehead atoms. The Labute approximate surface area is 283 Å². The Bertz CT molecular complexity index is 1760. The molecule has 47 heavy (non-hydrogen) atoms. The van der Waals surface area contributed by atoms with Gasteiger partial charge in [0, 0.05) is 24.0 Å². The molecule has 9 heteroatoms. The molecule has 1 atom stereocenters. The first kappa shape index (κ1) is 34.2. The molecule has 0 aromatic heterocycles. The molecule has 1 fully saturated rings. The summed E-state index contributed by atoms with van der Waals surface area (Å²) in [5.41, 5.74) is 4.02. The summed E-state index contributed by atoms with van der Waals surface area (Å²) in [6.07, 6.45) is 5.33. The first-order chi connectivity index (χ1) is 22.6. The zero-order chi connectivity index (χ0) is 33.4. The normalized spacial score (nSPS) is 14.3. The van der Waals surface area contributed by atoms with E-state index in [1.54, 1.807) is 23.1 Å². The molecule has 1 unspecified atom stereocenters. The molecule has 4 aromatic rings. The fourth-order valence-electron chi connectivity index (χ4n) is 6.03. The van der Waals surface area contributed by atoms with Crippen LogP contribution in [0.5, 0.6) is 0 Å². The molecule has 1 aliphatic carbocycles. The summed E-state index contributed by atoms with van der Waals surface area (Å²) in [6, 6.07) is 29.6. The van der Waals surface area contributed by atoms with E-state index in [1.165, 1.54) is 24.3 Å². The summed E-state index contributed by atoms with van der Waals surface area (Å²) in [6.45, 7) is 3.50. The van der Waals surface area contributed by atoms with E-state index < -0.39 is 28.5 Å². The minimum Gasteiger partial charge on any atom is -0.352 e. The molecular formula is C38H42ClN3O4S. The first-order valence-electron chi connectivity index (χ1n) is 16.1. The molecule has 4 aromatic carbocycles. The third kappa shape index (κ3) is 9.02. The quantitative estimate of drug-likeness (QED) is 0.172. The Morgan fingerprint density at radius 1 is 0.809 bits per heavy atom. The van der Waals surface area contributed by atoms with Gasteiger partial charge in [0.2, 0.25) is 11.8 Å². The molecule has 2 amide bonds. The van der Waals surface area contributed by atoms with Crippen LogP contribution in [0.15, 0.2) is 108 Å². The lowest BCUT2D eigenvalue weighted by Crippen LogP contribution is -2.55. The zero-order valence-electron chi connectivity index (χ0n) is 26.9. The molecule has 0 radical (unpaired) electrons. The van der Waals surface area contributed by atoms with Crippen molar-refractivity contribution in [1.29, 1.82) is 0 Å². The summed E-state index contributed by atoms with van der Waals surface area (Å²) >= 11 is 6.09. The lowest BCUT2D eigenvalue weighted by Gasteiger charge is -2.35. The van der Waals surface area contributed by atoms with Gasteiger partial charge in [-0.15, -0.1) is 0 Å². The smallest absolute Gasteiger partial charge is 0.264 e. The average molecular weight is 672 g/mol. The lowest BCUT2D eigenvalue weighted by atomic mass is 9.94. The molecule has 0 saturated heterocycles. The van der Waals surface area contributed by atoms with Gasteiger partial charge in [-0.2, -0.15) is 0 Å². The van der Waals surface area contributed by atoms with Gasteiger partial charge in [-0.25, -0.2) is 8.42 Å². The van der Waals surface area contributed by atoms with E-state index in [4.69, 9.17) is 11.6 Å². The molecule has 0 heterocycles. The maximum atomic E-state index is 14.7. The molecule has 1 aliphatic rings. The van der Waals surface area contributed by atoms with Crippen molar-refractivity contribution in [2.45, 2.75) is 75.9 Å². The van der Waals surface area contributed by atoms with Crippen LogP contribution < -0.4 is 9.62 Å². The molecule has 5 rings (SSSR count). The second-order valence-corrected chi connectivity index (χ2v) is 14.7. The highest BCUT2D eigenvalue weighted by Gasteiger charge is 2.35. The van der Waals surface area contributed by atoms with Gasteiger partial charge in [0.05, 0.1) is 10.6 Å². The molecule has 7 nitrogen and oxygen atoms in total. The van der Waals surface area contributed by atoms with Gasteiger partial charge in [-0.3, -0.25) is 13.9 Å². The van der Waals surface area contributed by atoms with Crippen molar-refractivity contribution < 1.29 is 18.0 Å². The number of rotatable bonds is 12. The van der Waals surface area contributed by atoms with E-state index in [9.17, 15) is 18.0 Å². The SMILES string of the molecule is Cc1ccc(CN(C(=O)CN(c2cccc(C)c2)S(=O)(=O)c2ccc(Cl)cc2)C(Cc2ccccc2)C(=O)NC2CCCCC2)cc1. The second-order valence-electron chi connectivity index (χ2n) is 12.4. The predicted octanol–water partition coefficient (Wildman–Crippen LogP) is 7.24. The van der Waals surface area contributed by atoms with Crippen LogP contribution in [-0.4, -0.2) is 43.8 Å². The number of nitrogens with one attached hydrogen (secondary N) is 1. The van der Waals surface area contributed by atoms with Gasteiger partial charge < -0.3 is 10.2 Å². The van der Waals surface area contributed by atoms with Gasteiger partial charge >= 0.3 is 0 Å². The van der Waals surface area contributed by atoms with Crippen molar-refractivity contribution in [3.8, 4) is 0 Å². The van der Waals surface area contributed by atoms with Gasteiger partial charge in [0.25, 0.3) is 10.0 Å². The second kappa shape index (κ2) is 15.6. The summed E-state index contributed by atoms with van der Waals surface area (Å²) in [7, 11) is -4.20. The Kier molecular flexibility index (Phi) is 11.4. The van der Waals surface area contributed by atoms with E-state index in [1.807, 2.05) is 74.5 Å². The molecular weight excluding hydrogens is 630 g/mol. The van der Waals surface area contributed by atoms with Crippen LogP contribution in [0, 0.1) is 13.8 Å². The van der Waals surface area contributed by atoms with Crippen molar-refractivity contribution in [2.24, 2.45) is 0 Å². The molecule has 0 spiro atoms. The number of anilines is 1. The summed E-state index contributed by atoms with van der Waals surface area (Å²) < 4.78 is 29.5. The van der Waals surface area contributed by atoms with E-state index in [0.29, 0.717) is 10.7 Å². The van der Waals surface area contributed by atoms with Crippen molar-refractivity contribution in [3.05, 3.63) is 130 Å². The maximum Gasteiger partial charge on any atom is 0.264 e. The standard InChI is InChI=1S/C38H42ClN3O4S/c1-28-16-18-31(19-17-28)26-41(36(25-30-11-5-3-6-12-30)38(44)40-33-13-7-4-8-14-33)37(43)27-42(34-15-9-10-29(2)24-34)47(45,46)35-22-20-32(39)21-23-35/h3,5-6,9-12,15-24,33,36H,4,7-8,13-14,25-27H2,1-2H3,(H,40,44). The monoisotopic (exact) mass is 671 g/mol. The number of aryl methyl sites for hydroxylation is 2. The third-order valence-electron chi connectivity index (χ3n) is 8.67. The fourth-order valence-corrected chi connectivity index (χ4v) is 7.57. The summed E-state index contributed by atoms with van der Waals surface area (Å²) in [4.78, 5) is 30.4. The molecule has 0 aliphatic heterocycles. The minimum atomic E-state index is -4.20. The number of carbonyl (C=O) groups excluding carboxylic acids is 2. The van der Waals surface area contributed by atoms with Crippen LogP contribution in [-0.2, 0) is 32.6 Å². The average Bonchev–Trinajstić information content (AvgIpc) is 3.07. The number of halogens is 1. The fraction of sp³-hybridized carbons (Fsp3) is 0.316. The Morgan fingerprint density at radius 2 is 1.49 bits per heavy atom. The number of hydrogen-bond donors (Lipinski definition) is 1. The predicted molar refractivity (Wildman–Crippen MR) is 188 cm³/mol. The van der Waals surface area contributed by atoms with Crippen LogP contribution in [0.1, 0.15) is 54.4 Å². The summed E-state index contributed by atoms with van der Waals surface area (Å²) in [5, 5.41) is 3.65. The number of nitrogens with zero attached hydrogens (tertiary/aromatic N) is 2. The maximum absolute atomic E-state index is 14.7. The number of hydrogen-bond acceptors (Lipinski definition) is 4. The van der Waals surface area contributed by atoms with Crippen molar-refractivity contribution in [3.63, 3.8) is 0 Å². The van der Waals surface area contributed by atoms with Gasteiger partial charge in [-0.05, 0) is 79.8 Å². The van der Waals surface area contributed by atoms with Crippen LogP contribution in [0.4, 0.5) is 5.69 Å². The van der Waals surface area contributed by atoms with Crippen molar-refractivity contribution in [1.82, 2.24) is 10.2 Å².